The van der Waals surface area contributed by atoms with Crippen LogP contribution in [0.4, 0.5) is 0 Å². The van der Waals surface area contributed by atoms with Gasteiger partial charge in [-0.1, -0.05) is 23.2 Å². The Labute approximate surface area is 143 Å². The van der Waals surface area contributed by atoms with E-state index in [1.54, 1.807) is 24.3 Å². The van der Waals surface area contributed by atoms with Gasteiger partial charge in [0.2, 0.25) is 0 Å². The van der Waals surface area contributed by atoms with Gasteiger partial charge in [0.25, 0.3) is 11.5 Å². The minimum Gasteiger partial charge on any atom is -0.350 e. The second-order valence-electron chi connectivity index (χ2n) is 5.51. The molecule has 23 heavy (non-hydrogen) atoms. The van der Waals surface area contributed by atoms with Crippen LogP contribution in [-0.4, -0.2) is 22.2 Å². The molecule has 1 aliphatic rings. The lowest BCUT2D eigenvalue weighted by atomic mass is 10.2. The van der Waals surface area contributed by atoms with Crippen molar-refractivity contribution >= 4 is 29.1 Å². The summed E-state index contributed by atoms with van der Waals surface area (Å²) in [5.41, 5.74) is 1.15. The average molecular weight is 352 g/mol. The highest BCUT2D eigenvalue weighted by Crippen LogP contribution is 2.38. The van der Waals surface area contributed by atoms with Gasteiger partial charge in [-0.25, -0.2) is 4.68 Å². The van der Waals surface area contributed by atoms with Crippen LogP contribution in [-0.2, 0) is 6.54 Å². The van der Waals surface area contributed by atoms with Gasteiger partial charge in [0, 0.05) is 34.1 Å². The average Bonchev–Trinajstić information content (AvgIpc) is 3.32. The Bertz CT molecular complexity index is 780. The van der Waals surface area contributed by atoms with E-state index in [1.165, 1.54) is 10.7 Å². The molecular weight excluding hydrogens is 337 g/mol. The lowest BCUT2D eigenvalue weighted by Gasteiger charge is -2.08. The van der Waals surface area contributed by atoms with Gasteiger partial charge in [-0.2, -0.15) is 5.10 Å². The number of hydrogen-bond donors (Lipinski definition) is 1. The first kappa shape index (κ1) is 16.0. The molecule has 1 aromatic heterocycles. The van der Waals surface area contributed by atoms with E-state index in [9.17, 15) is 9.59 Å². The number of nitrogens with zero attached hydrogens (tertiary/aromatic N) is 2. The van der Waals surface area contributed by atoms with Crippen LogP contribution in [0.15, 0.2) is 35.1 Å². The molecule has 0 spiro atoms. The summed E-state index contributed by atoms with van der Waals surface area (Å²) in [5, 5.41) is 7.88. The largest absolute Gasteiger partial charge is 0.350 e. The van der Waals surface area contributed by atoms with Crippen molar-refractivity contribution in [3.05, 3.63) is 62.0 Å². The fraction of sp³-hybridized carbons (Fsp3) is 0.312. The summed E-state index contributed by atoms with van der Waals surface area (Å²) >= 11 is 11.8. The number of amides is 1. The monoisotopic (exact) mass is 351 g/mol. The molecule has 3 rings (SSSR count). The van der Waals surface area contributed by atoms with E-state index >= 15 is 0 Å². The highest BCUT2D eigenvalue weighted by Gasteiger charge is 2.25. The van der Waals surface area contributed by atoms with Crippen LogP contribution < -0.4 is 10.9 Å². The topological polar surface area (TPSA) is 64.0 Å². The van der Waals surface area contributed by atoms with E-state index in [4.69, 9.17) is 23.2 Å². The summed E-state index contributed by atoms with van der Waals surface area (Å²) < 4.78 is 1.39. The van der Waals surface area contributed by atoms with E-state index in [-0.39, 0.29) is 11.5 Å². The Morgan fingerprint density at radius 3 is 2.57 bits per heavy atom. The molecule has 0 bridgehead atoms. The summed E-state index contributed by atoms with van der Waals surface area (Å²) in [7, 11) is 0. The molecule has 1 heterocycles. The molecule has 120 valence electrons. The second-order valence-corrected chi connectivity index (χ2v) is 6.38. The maximum absolute atomic E-state index is 12.1. The van der Waals surface area contributed by atoms with Gasteiger partial charge in [0.15, 0.2) is 0 Å². The smallest absolute Gasteiger partial charge is 0.266 e. The quantitative estimate of drug-likeness (QED) is 0.900. The molecule has 1 fully saturated rings. The Morgan fingerprint density at radius 2 is 1.91 bits per heavy atom. The number of carbonyl (C=O) groups excluding carboxylic acids is 1. The molecule has 0 atom stereocenters. The standard InChI is InChI=1S/C16H15Cl2N3O2/c17-12-7-11(8-13(18)9-12)16(23)19-5-6-21-15(22)4-3-14(20-21)10-1-2-10/h3-4,7-10H,1-2,5-6H2,(H,19,23). The van der Waals surface area contributed by atoms with Crippen molar-refractivity contribution in [3.8, 4) is 0 Å². The van der Waals surface area contributed by atoms with Crippen molar-refractivity contribution in [2.24, 2.45) is 0 Å². The third kappa shape index (κ3) is 4.12. The SMILES string of the molecule is O=C(NCCn1nc(C2CC2)ccc1=O)c1cc(Cl)cc(Cl)c1. The lowest BCUT2D eigenvalue weighted by molar-refractivity contribution is 0.0951. The summed E-state index contributed by atoms with van der Waals surface area (Å²) in [4.78, 5) is 23.9. The maximum Gasteiger partial charge on any atom is 0.266 e. The fourth-order valence-corrected chi connectivity index (χ4v) is 2.81. The first-order valence-corrected chi connectivity index (χ1v) is 8.11. The predicted molar refractivity (Wildman–Crippen MR) is 89.3 cm³/mol. The van der Waals surface area contributed by atoms with Crippen molar-refractivity contribution in [1.29, 1.82) is 0 Å². The maximum atomic E-state index is 12.1. The van der Waals surface area contributed by atoms with Crippen molar-refractivity contribution < 1.29 is 4.79 Å². The van der Waals surface area contributed by atoms with Crippen LogP contribution in [0.2, 0.25) is 10.0 Å². The fourth-order valence-electron chi connectivity index (χ4n) is 2.28. The highest BCUT2D eigenvalue weighted by molar-refractivity contribution is 6.35. The van der Waals surface area contributed by atoms with E-state index in [0.717, 1.165) is 18.5 Å². The molecule has 1 aliphatic carbocycles. The van der Waals surface area contributed by atoms with Crippen molar-refractivity contribution in [3.63, 3.8) is 0 Å². The zero-order valence-electron chi connectivity index (χ0n) is 12.3. The number of aromatic nitrogens is 2. The molecule has 2 aromatic rings. The first-order chi connectivity index (χ1) is 11.0. The van der Waals surface area contributed by atoms with Crippen LogP contribution in [0, 0.1) is 0 Å². The zero-order chi connectivity index (χ0) is 16.4. The van der Waals surface area contributed by atoms with Crippen molar-refractivity contribution in [2.75, 3.05) is 6.54 Å². The molecule has 1 saturated carbocycles. The Kier molecular flexibility index (Phi) is 4.68. The summed E-state index contributed by atoms with van der Waals surface area (Å²) in [6, 6.07) is 7.96. The number of nitrogens with one attached hydrogen (secondary N) is 1. The van der Waals surface area contributed by atoms with E-state index in [1.807, 2.05) is 0 Å². The zero-order valence-corrected chi connectivity index (χ0v) is 13.8. The molecule has 0 aliphatic heterocycles. The number of benzene rings is 1. The van der Waals surface area contributed by atoms with Crippen molar-refractivity contribution in [1.82, 2.24) is 15.1 Å². The van der Waals surface area contributed by atoms with Crippen LogP contribution in [0.3, 0.4) is 0 Å². The number of halogens is 2. The third-order valence-corrected chi connectivity index (χ3v) is 4.05. The lowest BCUT2D eigenvalue weighted by Crippen LogP contribution is -2.32. The molecule has 0 unspecified atom stereocenters. The van der Waals surface area contributed by atoms with Gasteiger partial charge in [-0.05, 0) is 37.1 Å². The van der Waals surface area contributed by atoms with Crippen molar-refractivity contribution in [2.45, 2.75) is 25.3 Å². The molecule has 1 amide bonds. The highest BCUT2D eigenvalue weighted by atomic mass is 35.5. The second kappa shape index (κ2) is 6.72. The summed E-state index contributed by atoms with van der Waals surface area (Å²) in [6.07, 6.45) is 2.24. The molecule has 0 saturated heterocycles. The van der Waals surface area contributed by atoms with Crippen LogP contribution in [0.5, 0.6) is 0 Å². The summed E-state index contributed by atoms with van der Waals surface area (Å²) in [5.74, 6) is 0.186. The van der Waals surface area contributed by atoms with Gasteiger partial charge in [-0.15, -0.1) is 0 Å². The molecule has 7 heteroatoms. The van der Waals surface area contributed by atoms with Gasteiger partial charge in [0.1, 0.15) is 0 Å². The van der Waals surface area contributed by atoms with Crippen LogP contribution in [0.1, 0.15) is 34.8 Å². The Morgan fingerprint density at radius 1 is 1.22 bits per heavy atom. The van der Waals surface area contributed by atoms with E-state index in [2.05, 4.69) is 10.4 Å². The Balaban J connectivity index is 1.61. The Hall–Kier alpha value is -1.85. The van der Waals surface area contributed by atoms with Gasteiger partial charge < -0.3 is 5.32 Å². The summed E-state index contributed by atoms with van der Waals surface area (Å²) in [6.45, 7) is 0.615. The minimum atomic E-state index is -0.291. The normalized spacial score (nSPS) is 13.8. The first-order valence-electron chi connectivity index (χ1n) is 7.35. The van der Waals surface area contributed by atoms with Crippen LogP contribution in [0.25, 0.3) is 0 Å². The molecule has 1 aromatic carbocycles. The predicted octanol–water partition coefficient (Wildman–Crippen LogP) is 2.86. The van der Waals surface area contributed by atoms with Gasteiger partial charge >= 0.3 is 0 Å². The number of carbonyl (C=O) groups is 1. The van der Waals surface area contributed by atoms with E-state index in [0.29, 0.717) is 34.6 Å². The molecule has 0 radical (unpaired) electrons. The van der Waals surface area contributed by atoms with Crippen LogP contribution >= 0.6 is 23.2 Å². The number of hydrogen-bond acceptors (Lipinski definition) is 3. The molecule has 5 nitrogen and oxygen atoms in total. The van der Waals surface area contributed by atoms with Gasteiger partial charge in [0.05, 0.1) is 12.2 Å². The molecular formula is C16H15Cl2N3O2. The minimum absolute atomic E-state index is 0.172. The molecule has 1 N–H and O–H groups in total. The third-order valence-electron chi connectivity index (χ3n) is 3.62. The number of rotatable bonds is 5. The van der Waals surface area contributed by atoms with E-state index < -0.39 is 0 Å². The van der Waals surface area contributed by atoms with Gasteiger partial charge in [-0.3, -0.25) is 9.59 Å².